The monoisotopic (exact) mass is 290 g/mol. The van der Waals surface area contributed by atoms with Crippen LogP contribution in [0, 0.1) is 10.1 Å². The van der Waals surface area contributed by atoms with Crippen molar-refractivity contribution in [3.05, 3.63) is 57.8 Å². The van der Waals surface area contributed by atoms with Crippen LogP contribution in [0.3, 0.4) is 0 Å². The highest BCUT2D eigenvalue weighted by Crippen LogP contribution is 2.18. The molecule has 1 atom stereocenters. The van der Waals surface area contributed by atoms with Crippen LogP contribution in [-0.4, -0.2) is 31.8 Å². The molecule has 0 aliphatic carbocycles. The highest BCUT2D eigenvalue weighted by atomic mass is 16.6. The van der Waals surface area contributed by atoms with Crippen LogP contribution in [0.25, 0.3) is 0 Å². The molecule has 21 heavy (non-hydrogen) atoms. The van der Waals surface area contributed by atoms with E-state index in [1.165, 1.54) is 10.9 Å². The lowest BCUT2D eigenvalue weighted by atomic mass is 10.1. The number of carboxylic acids is 1. The SMILES string of the molecule is N[C@@H](Cc1cn(Cc2ccccc2)nc1[N+](=O)[O-])C(=O)O. The minimum atomic E-state index is -1.21. The van der Waals surface area contributed by atoms with E-state index in [0.717, 1.165) is 5.56 Å². The van der Waals surface area contributed by atoms with Crippen molar-refractivity contribution in [2.45, 2.75) is 19.0 Å². The van der Waals surface area contributed by atoms with Crippen LogP contribution in [0.2, 0.25) is 0 Å². The molecule has 8 nitrogen and oxygen atoms in total. The molecule has 3 N–H and O–H groups in total. The Labute approximate surface area is 120 Å². The molecule has 0 unspecified atom stereocenters. The maximum atomic E-state index is 11.0. The van der Waals surface area contributed by atoms with Gasteiger partial charge in [-0.15, -0.1) is 0 Å². The summed E-state index contributed by atoms with van der Waals surface area (Å²) in [5.74, 6) is -1.57. The summed E-state index contributed by atoms with van der Waals surface area (Å²) in [6, 6.07) is 8.12. The molecule has 0 amide bonds. The van der Waals surface area contributed by atoms with E-state index < -0.39 is 16.9 Å². The van der Waals surface area contributed by atoms with Gasteiger partial charge in [-0.25, -0.2) is 0 Å². The summed E-state index contributed by atoms with van der Waals surface area (Å²) in [6.07, 6.45) is 1.33. The van der Waals surface area contributed by atoms with Crippen LogP contribution in [0.4, 0.5) is 5.82 Å². The maximum absolute atomic E-state index is 11.0. The van der Waals surface area contributed by atoms with Gasteiger partial charge in [0.1, 0.15) is 6.04 Å². The number of hydrogen-bond donors (Lipinski definition) is 2. The minimum Gasteiger partial charge on any atom is -0.480 e. The summed E-state index contributed by atoms with van der Waals surface area (Å²) in [5, 5.41) is 23.7. The van der Waals surface area contributed by atoms with E-state index in [2.05, 4.69) is 5.10 Å². The van der Waals surface area contributed by atoms with E-state index >= 15 is 0 Å². The molecule has 1 aromatic carbocycles. The molecule has 8 heteroatoms. The Balaban J connectivity index is 2.24. The first-order valence-electron chi connectivity index (χ1n) is 6.20. The molecule has 0 saturated carbocycles. The van der Waals surface area contributed by atoms with Crippen molar-refractivity contribution in [2.75, 3.05) is 0 Å². The Morgan fingerprint density at radius 2 is 2.10 bits per heavy atom. The van der Waals surface area contributed by atoms with Crippen molar-refractivity contribution in [1.82, 2.24) is 9.78 Å². The number of rotatable bonds is 6. The van der Waals surface area contributed by atoms with Crippen LogP contribution in [-0.2, 0) is 17.8 Å². The third-order valence-corrected chi connectivity index (χ3v) is 2.93. The predicted molar refractivity (Wildman–Crippen MR) is 73.7 cm³/mol. The third kappa shape index (κ3) is 3.63. The average Bonchev–Trinajstić information content (AvgIpc) is 2.82. The quantitative estimate of drug-likeness (QED) is 0.598. The molecule has 1 heterocycles. The Bertz CT molecular complexity index is 653. The molecule has 0 aliphatic heterocycles. The first-order chi connectivity index (χ1) is 9.97. The van der Waals surface area contributed by atoms with Gasteiger partial charge in [0.25, 0.3) is 0 Å². The lowest BCUT2D eigenvalue weighted by molar-refractivity contribution is -0.390. The van der Waals surface area contributed by atoms with Gasteiger partial charge in [0.2, 0.25) is 0 Å². The van der Waals surface area contributed by atoms with Crippen molar-refractivity contribution >= 4 is 11.8 Å². The number of aliphatic carboxylic acids is 1. The molecule has 0 fully saturated rings. The van der Waals surface area contributed by atoms with E-state index in [1.807, 2.05) is 30.3 Å². The van der Waals surface area contributed by atoms with Crippen LogP contribution in [0.1, 0.15) is 11.1 Å². The van der Waals surface area contributed by atoms with Crippen LogP contribution in [0.15, 0.2) is 36.5 Å². The largest absolute Gasteiger partial charge is 0.480 e. The van der Waals surface area contributed by atoms with Crippen molar-refractivity contribution in [2.24, 2.45) is 5.73 Å². The van der Waals surface area contributed by atoms with Gasteiger partial charge < -0.3 is 21.0 Å². The molecule has 2 rings (SSSR count). The fourth-order valence-corrected chi connectivity index (χ4v) is 1.93. The molecular formula is C13H14N4O4. The fourth-order valence-electron chi connectivity index (χ4n) is 1.93. The molecule has 1 aromatic heterocycles. The smallest absolute Gasteiger partial charge is 0.393 e. The van der Waals surface area contributed by atoms with Gasteiger partial charge >= 0.3 is 11.8 Å². The standard InChI is InChI=1S/C13H14N4O4/c14-11(13(18)19)6-10-8-16(15-12(10)17(20)21)7-9-4-2-1-3-5-9/h1-5,8,11H,6-7,14H2,(H,18,19)/t11-/m0/s1. The zero-order chi connectivity index (χ0) is 15.4. The Morgan fingerprint density at radius 3 is 2.67 bits per heavy atom. The molecule has 2 aromatic rings. The number of nitrogens with zero attached hydrogens (tertiary/aromatic N) is 3. The number of carbonyl (C=O) groups is 1. The molecule has 0 radical (unpaired) electrons. The Morgan fingerprint density at radius 1 is 1.43 bits per heavy atom. The lowest BCUT2D eigenvalue weighted by Gasteiger charge is -2.02. The number of aromatic nitrogens is 2. The molecular weight excluding hydrogens is 276 g/mol. The van der Waals surface area contributed by atoms with Gasteiger partial charge in [-0.3, -0.25) is 4.79 Å². The van der Waals surface area contributed by atoms with Crippen molar-refractivity contribution in [3.63, 3.8) is 0 Å². The summed E-state index contributed by atoms with van der Waals surface area (Å²) < 4.78 is 1.41. The predicted octanol–water partition coefficient (Wildman–Crippen LogP) is 0.794. The van der Waals surface area contributed by atoms with Gasteiger partial charge in [-0.2, -0.15) is 4.68 Å². The topological polar surface area (TPSA) is 124 Å². The Kier molecular flexibility index (Phi) is 4.29. The van der Waals surface area contributed by atoms with Gasteiger partial charge in [-0.05, 0) is 10.5 Å². The third-order valence-electron chi connectivity index (χ3n) is 2.93. The molecule has 0 aliphatic rings. The number of nitrogens with two attached hydrogens (primary N) is 1. The number of carboxylic acid groups (broad SMARTS) is 1. The zero-order valence-corrected chi connectivity index (χ0v) is 11.0. The number of benzene rings is 1. The second-order valence-corrected chi connectivity index (χ2v) is 4.57. The van der Waals surface area contributed by atoms with Gasteiger partial charge in [0.05, 0.1) is 23.4 Å². The molecule has 110 valence electrons. The van der Waals surface area contributed by atoms with Gasteiger partial charge in [-0.1, -0.05) is 30.3 Å². The minimum absolute atomic E-state index is 0.138. The van der Waals surface area contributed by atoms with Crippen molar-refractivity contribution in [1.29, 1.82) is 0 Å². The molecule has 0 saturated heterocycles. The number of nitro groups is 1. The second kappa shape index (κ2) is 6.14. The van der Waals surface area contributed by atoms with E-state index in [0.29, 0.717) is 6.54 Å². The first kappa shape index (κ1) is 14.7. The average molecular weight is 290 g/mol. The van der Waals surface area contributed by atoms with E-state index in [9.17, 15) is 14.9 Å². The van der Waals surface area contributed by atoms with E-state index in [1.54, 1.807) is 0 Å². The van der Waals surface area contributed by atoms with E-state index in [4.69, 9.17) is 10.8 Å². The van der Waals surface area contributed by atoms with Gasteiger partial charge in [0, 0.05) is 6.42 Å². The van der Waals surface area contributed by atoms with Gasteiger partial charge in [0.15, 0.2) is 0 Å². The molecule has 0 bridgehead atoms. The lowest BCUT2D eigenvalue weighted by Crippen LogP contribution is -2.32. The zero-order valence-electron chi connectivity index (χ0n) is 11.0. The van der Waals surface area contributed by atoms with E-state index in [-0.39, 0.29) is 17.8 Å². The first-order valence-corrected chi connectivity index (χ1v) is 6.20. The number of hydrogen-bond acceptors (Lipinski definition) is 5. The fraction of sp³-hybridized carbons (Fsp3) is 0.231. The Hall–Kier alpha value is -2.74. The van der Waals surface area contributed by atoms with Crippen LogP contribution in [0.5, 0.6) is 0 Å². The second-order valence-electron chi connectivity index (χ2n) is 4.57. The normalized spacial score (nSPS) is 12.0. The highest BCUT2D eigenvalue weighted by molar-refractivity contribution is 5.73. The van der Waals surface area contributed by atoms with Crippen molar-refractivity contribution in [3.8, 4) is 0 Å². The molecule has 0 spiro atoms. The summed E-state index contributed by atoms with van der Waals surface area (Å²) in [4.78, 5) is 21.1. The van der Waals surface area contributed by atoms with Crippen molar-refractivity contribution < 1.29 is 14.8 Å². The van der Waals surface area contributed by atoms with Crippen LogP contribution >= 0.6 is 0 Å². The maximum Gasteiger partial charge on any atom is 0.393 e. The highest BCUT2D eigenvalue weighted by Gasteiger charge is 2.24. The van der Waals surface area contributed by atoms with Crippen LogP contribution < -0.4 is 5.73 Å². The summed E-state index contributed by atoms with van der Waals surface area (Å²) in [5.41, 5.74) is 6.57. The summed E-state index contributed by atoms with van der Waals surface area (Å²) in [7, 11) is 0. The summed E-state index contributed by atoms with van der Waals surface area (Å²) in [6.45, 7) is 0.365. The summed E-state index contributed by atoms with van der Waals surface area (Å²) >= 11 is 0.